The van der Waals surface area contributed by atoms with E-state index in [1.165, 1.54) is 0 Å². The Morgan fingerprint density at radius 3 is 2.65 bits per heavy atom. The summed E-state index contributed by atoms with van der Waals surface area (Å²) in [4.78, 5) is 14.5. The first-order chi connectivity index (χ1) is 8.10. The Labute approximate surface area is 109 Å². The van der Waals surface area contributed by atoms with E-state index in [1.807, 2.05) is 19.1 Å². The van der Waals surface area contributed by atoms with Gasteiger partial charge in [-0.2, -0.15) is 0 Å². The molecule has 0 radical (unpaired) electrons. The lowest BCUT2D eigenvalue weighted by Gasteiger charge is -2.26. The molecule has 0 bridgehead atoms. The average Bonchev–Trinajstić information content (AvgIpc) is 2.34. The number of hydrogen-bond donors (Lipinski definition) is 0. The van der Waals surface area contributed by atoms with Crippen molar-refractivity contribution in [3.8, 4) is 0 Å². The number of carbonyl (C=O) groups excluding carboxylic acids is 1. The van der Waals surface area contributed by atoms with Crippen LogP contribution in [-0.2, 0) is 0 Å². The van der Waals surface area contributed by atoms with Gasteiger partial charge in [-0.1, -0.05) is 37.6 Å². The highest BCUT2D eigenvalue weighted by Crippen LogP contribution is 2.14. The van der Waals surface area contributed by atoms with Gasteiger partial charge in [0.15, 0.2) is 5.78 Å². The fourth-order valence-corrected chi connectivity index (χ4v) is 2.15. The van der Waals surface area contributed by atoms with E-state index in [0.717, 1.165) is 19.5 Å². The predicted octanol–water partition coefficient (Wildman–Crippen LogP) is 3.64. The minimum absolute atomic E-state index is 0.0848. The SMILES string of the molecule is CCCN(CC)C(C)C(=O)c1cccc(Cl)c1. The molecule has 0 saturated carbocycles. The molecule has 1 aromatic rings. The largest absolute Gasteiger partial charge is 0.294 e. The Balaban J connectivity index is 2.81. The lowest BCUT2D eigenvalue weighted by atomic mass is 10.0. The average molecular weight is 254 g/mol. The van der Waals surface area contributed by atoms with Crippen LogP contribution in [0.2, 0.25) is 5.02 Å². The number of benzene rings is 1. The molecule has 0 N–H and O–H groups in total. The van der Waals surface area contributed by atoms with Crippen molar-refractivity contribution in [3.63, 3.8) is 0 Å². The van der Waals surface area contributed by atoms with Crippen LogP contribution >= 0.6 is 11.6 Å². The number of rotatable bonds is 6. The first-order valence-electron chi connectivity index (χ1n) is 6.14. The van der Waals surface area contributed by atoms with Gasteiger partial charge >= 0.3 is 0 Å². The summed E-state index contributed by atoms with van der Waals surface area (Å²) >= 11 is 5.90. The first-order valence-corrected chi connectivity index (χ1v) is 6.51. The monoisotopic (exact) mass is 253 g/mol. The molecular formula is C14H20ClNO. The summed E-state index contributed by atoms with van der Waals surface area (Å²) in [6, 6.07) is 7.08. The maximum absolute atomic E-state index is 12.3. The number of likely N-dealkylation sites (N-methyl/N-ethyl adjacent to an activating group) is 1. The molecule has 1 atom stereocenters. The molecule has 0 aliphatic rings. The quantitative estimate of drug-likeness (QED) is 0.722. The molecule has 0 fully saturated rings. The van der Waals surface area contributed by atoms with E-state index in [2.05, 4.69) is 18.7 Å². The van der Waals surface area contributed by atoms with E-state index >= 15 is 0 Å². The van der Waals surface area contributed by atoms with Crippen LogP contribution in [0.3, 0.4) is 0 Å². The molecule has 17 heavy (non-hydrogen) atoms. The van der Waals surface area contributed by atoms with Gasteiger partial charge in [0.2, 0.25) is 0 Å². The highest BCUT2D eigenvalue weighted by atomic mass is 35.5. The smallest absolute Gasteiger partial charge is 0.179 e. The predicted molar refractivity (Wildman–Crippen MR) is 72.8 cm³/mol. The molecule has 0 heterocycles. The molecule has 0 spiro atoms. The van der Waals surface area contributed by atoms with Gasteiger partial charge in [0.1, 0.15) is 0 Å². The third-order valence-corrected chi connectivity index (χ3v) is 3.19. The summed E-state index contributed by atoms with van der Waals surface area (Å²) in [7, 11) is 0. The normalized spacial score (nSPS) is 12.8. The van der Waals surface area contributed by atoms with Crippen molar-refractivity contribution >= 4 is 17.4 Å². The van der Waals surface area contributed by atoms with Crippen LogP contribution < -0.4 is 0 Å². The van der Waals surface area contributed by atoms with Gasteiger partial charge in [-0.3, -0.25) is 9.69 Å². The Hall–Kier alpha value is -0.860. The van der Waals surface area contributed by atoms with Crippen LogP contribution in [0.1, 0.15) is 37.6 Å². The zero-order valence-corrected chi connectivity index (χ0v) is 11.5. The van der Waals surface area contributed by atoms with E-state index in [4.69, 9.17) is 11.6 Å². The first kappa shape index (κ1) is 14.2. The summed E-state index contributed by atoms with van der Waals surface area (Å²) in [5.74, 6) is 0.141. The van der Waals surface area contributed by atoms with Gasteiger partial charge in [0, 0.05) is 10.6 Å². The zero-order valence-electron chi connectivity index (χ0n) is 10.7. The second-order valence-electron chi connectivity index (χ2n) is 4.18. The van der Waals surface area contributed by atoms with Crippen LogP contribution in [0.25, 0.3) is 0 Å². The topological polar surface area (TPSA) is 20.3 Å². The number of Topliss-reactive ketones (excluding diaryl/α,β-unsaturated/α-hetero) is 1. The third kappa shape index (κ3) is 3.83. The zero-order chi connectivity index (χ0) is 12.8. The van der Waals surface area contributed by atoms with E-state index in [-0.39, 0.29) is 11.8 Å². The molecular weight excluding hydrogens is 234 g/mol. The highest BCUT2D eigenvalue weighted by Gasteiger charge is 2.20. The summed E-state index contributed by atoms with van der Waals surface area (Å²) in [6.45, 7) is 8.00. The fourth-order valence-electron chi connectivity index (χ4n) is 1.96. The Bertz CT molecular complexity index is 378. The van der Waals surface area contributed by atoms with Gasteiger partial charge in [-0.05, 0) is 38.6 Å². The standard InChI is InChI=1S/C14H20ClNO/c1-4-9-16(5-2)11(3)14(17)12-7-6-8-13(15)10-12/h6-8,10-11H,4-5,9H2,1-3H3. The molecule has 0 aliphatic heterocycles. The molecule has 1 unspecified atom stereocenters. The van der Waals surface area contributed by atoms with E-state index in [0.29, 0.717) is 10.6 Å². The molecule has 94 valence electrons. The van der Waals surface area contributed by atoms with Crippen LogP contribution in [0, 0.1) is 0 Å². The maximum Gasteiger partial charge on any atom is 0.179 e. The van der Waals surface area contributed by atoms with Crippen molar-refractivity contribution in [1.82, 2.24) is 4.90 Å². The maximum atomic E-state index is 12.3. The summed E-state index contributed by atoms with van der Waals surface area (Å²) in [6.07, 6.45) is 1.06. The van der Waals surface area contributed by atoms with E-state index in [9.17, 15) is 4.79 Å². The molecule has 0 saturated heterocycles. The summed E-state index contributed by atoms with van der Waals surface area (Å²) < 4.78 is 0. The van der Waals surface area contributed by atoms with Crippen molar-refractivity contribution in [1.29, 1.82) is 0 Å². The lowest BCUT2D eigenvalue weighted by molar-refractivity contribution is 0.0845. The Kier molecular flexibility index (Phi) is 5.66. The van der Waals surface area contributed by atoms with Gasteiger partial charge in [0.25, 0.3) is 0 Å². The summed E-state index contributed by atoms with van der Waals surface area (Å²) in [5.41, 5.74) is 0.694. The van der Waals surface area contributed by atoms with Gasteiger partial charge < -0.3 is 0 Å². The fraction of sp³-hybridized carbons (Fsp3) is 0.500. The molecule has 0 amide bonds. The van der Waals surface area contributed by atoms with Gasteiger partial charge in [-0.15, -0.1) is 0 Å². The molecule has 3 heteroatoms. The second-order valence-corrected chi connectivity index (χ2v) is 4.62. The molecule has 0 aromatic heterocycles. The molecule has 1 aromatic carbocycles. The highest BCUT2D eigenvalue weighted by molar-refractivity contribution is 6.31. The van der Waals surface area contributed by atoms with Crippen LogP contribution in [-0.4, -0.2) is 29.8 Å². The van der Waals surface area contributed by atoms with Gasteiger partial charge in [0.05, 0.1) is 6.04 Å². The van der Waals surface area contributed by atoms with E-state index < -0.39 is 0 Å². The van der Waals surface area contributed by atoms with Crippen molar-refractivity contribution in [3.05, 3.63) is 34.9 Å². The Morgan fingerprint density at radius 2 is 2.12 bits per heavy atom. The molecule has 0 aliphatic carbocycles. The van der Waals surface area contributed by atoms with Crippen LogP contribution in [0.4, 0.5) is 0 Å². The second kappa shape index (κ2) is 6.77. The number of halogens is 1. The van der Waals surface area contributed by atoms with Gasteiger partial charge in [-0.25, -0.2) is 0 Å². The number of nitrogens with zero attached hydrogens (tertiary/aromatic N) is 1. The van der Waals surface area contributed by atoms with Crippen molar-refractivity contribution < 1.29 is 4.79 Å². The van der Waals surface area contributed by atoms with Crippen LogP contribution in [0.5, 0.6) is 0 Å². The van der Waals surface area contributed by atoms with Crippen molar-refractivity contribution in [2.45, 2.75) is 33.2 Å². The lowest BCUT2D eigenvalue weighted by Crippen LogP contribution is -2.39. The number of hydrogen-bond acceptors (Lipinski definition) is 2. The summed E-state index contributed by atoms with van der Waals surface area (Å²) in [5, 5.41) is 0.613. The molecule has 2 nitrogen and oxygen atoms in total. The van der Waals surface area contributed by atoms with Crippen molar-refractivity contribution in [2.75, 3.05) is 13.1 Å². The Morgan fingerprint density at radius 1 is 1.41 bits per heavy atom. The third-order valence-electron chi connectivity index (χ3n) is 2.95. The van der Waals surface area contributed by atoms with Crippen molar-refractivity contribution in [2.24, 2.45) is 0 Å². The number of carbonyl (C=O) groups is 1. The minimum Gasteiger partial charge on any atom is -0.294 e. The number of ketones is 1. The minimum atomic E-state index is -0.0848. The van der Waals surface area contributed by atoms with Crippen LogP contribution in [0.15, 0.2) is 24.3 Å². The van der Waals surface area contributed by atoms with E-state index in [1.54, 1.807) is 12.1 Å². The molecule has 1 rings (SSSR count).